The lowest BCUT2D eigenvalue weighted by Gasteiger charge is -2.16. The lowest BCUT2D eigenvalue weighted by molar-refractivity contribution is -0.131. The quantitative estimate of drug-likeness (QED) is 0.635. The molecule has 23 heavy (non-hydrogen) atoms. The van der Waals surface area contributed by atoms with Gasteiger partial charge in [-0.1, -0.05) is 30.3 Å². The predicted octanol–water partition coefficient (Wildman–Crippen LogP) is 3.29. The van der Waals surface area contributed by atoms with E-state index in [1.165, 1.54) is 6.92 Å². The van der Waals surface area contributed by atoms with Gasteiger partial charge in [0, 0.05) is 29.1 Å². The number of aliphatic hydroxyl groups is 1. The van der Waals surface area contributed by atoms with Crippen molar-refractivity contribution in [3.05, 3.63) is 59.8 Å². The van der Waals surface area contributed by atoms with Gasteiger partial charge in [-0.05, 0) is 18.2 Å². The van der Waals surface area contributed by atoms with E-state index < -0.39 is 12.1 Å². The number of hydrogen-bond donors (Lipinski definition) is 3. The van der Waals surface area contributed by atoms with Crippen molar-refractivity contribution < 1.29 is 14.6 Å². The number of aromatic amines is 1. The van der Waals surface area contributed by atoms with E-state index in [4.69, 9.17) is 4.74 Å². The molecule has 1 aliphatic heterocycles. The lowest BCUT2D eigenvalue weighted by Crippen LogP contribution is -2.14. The Morgan fingerprint density at radius 2 is 1.87 bits per heavy atom. The van der Waals surface area contributed by atoms with Crippen LogP contribution < -0.4 is 10.1 Å². The molecule has 4 rings (SSSR count). The molecule has 0 saturated carbocycles. The summed E-state index contributed by atoms with van der Waals surface area (Å²) in [6, 6.07) is 14.8. The van der Waals surface area contributed by atoms with Crippen molar-refractivity contribution in [3.63, 3.8) is 0 Å². The van der Waals surface area contributed by atoms with Gasteiger partial charge in [-0.2, -0.15) is 0 Å². The summed E-state index contributed by atoms with van der Waals surface area (Å²) >= 11 is 0. The van der Waals surface area contributed by atoms with Gasteiger partial charge in [-0.15, -0.1) is 0 Å². The van der Waals surface area contributed by atoms with Crippen molar-refractivity contribution in [2.24, 2.45) is 0 Å². The van der Waals surface area contributed by atoms with Crippen LogP contribution >= 0.6 is 0 Å². The Kier molecular flexibility index (Phi) is 3.09. The maximum Gasteiger partial charge on any atom is 0.308 e. The molecule has 5 nitrogen and oxygen atoms in total. The summed E-state index contributed by atoms with van der Waals surface area (Å²) in [6.07, 6.45) is -0.714. The van der Waals surface area contributed by atoms with Crippen molar-refractivity contribution in [2.75, 3.05) is 5.32 Å². The van der Waals surface area contributed by atoms with Gasteiger partial charge in [0.05, 0.1) is 5.69 Å². The molecule has 0 fully saturated rings. The van der Waals surface area contributed by atoms with Gasteiger partial charge in [-0.25, -0.2) is 0 Å². The molecule has 3 N–H and O–H groups in total. The number of anilines is 1. The summed E-state index contributed by atoms with van der Waals surface area (Å²) in [5, 5.41) is 14.8. The third-order valence-corrected chi connectivity index (χ3v) is 4.15. The number of ether oxygens (including phenoxy) is 1. The molecule has 116 valence electrons. The second kappa shape index (κ2) is 5.14. The van der Waals surface area contributed by atoms with Crippen molar-refractivity contribution in [2.45, 2.75) is 19.1 Å². The van der Waals surface area contributed by atoms with Crippen molar-refractivity contribution in [3.8, 4) is 5.75 Å². The van der Waals surface area contributed by atoms with E-state index in [9.17, 15) is 9.90 Å². The highest BCUT2D eigenvalue weighted by Crippen LogP contribution is 2.46. The molecule has 3 aromatic rings. The van der Waals surface area contributed by atoms with Crippen LogP contribution in [-0.4, -0.2) is 16.1 Å². The minimum absolute atomic E-state index is 0.388. The molecule has 0 radical (unpaired) electrons. The summed E-state index contributed by atoms with van der Waals surface area (Å²) in [5.74, 6) is 0.0819. The molecule has 0 spiro atoms. The SMILES string of the molecule is CC(=O)Oc1c(C2Nc3ccccc3C2O)[nH]c2ccccc12. The monoisotopic (exact) mass is 308 g/mol. The molecule has 2 atom stereocenters. The fraction of sp³-hybridized carbons (Fsp3) is 0.167. The first kappa shape index (κ1) is 13.8. The summed E-state index contributed by atoms with van der Waals surface area (Å²) in [4.78, 5) is 14.8. The molecule has 0 aliphatic carbocycles. The number of carbonyl (C=O) groups excluding carboxylic acids is 1. The first-order valence-corrected chi connectivity index (χ1v) is 7.47. The number of aliphatic hydroxyl groups excluding tert-OH is 1. The molecule has 1 aromatic heterocycles. The van der Waals surface area contributed by atoms with E-state index in [1.807, 2.05) is 48.5 Å². The number of carbonyl (C=O) groups is 1. The Bertz CT molecular complexity index is 900. The zero-order valence-electron chi connectivity index (χ0n) is 12.5. The van der Waals surface area contributed by atoms with Gasteiger partial charge < -0.3 is 20.1 Å². The number of fused-ring (bicyclic) bond motifs is 2. The number of para-hydroxylation sites is 2. The highest BCUT2D eigenvalue weighted by atomic mass is 16.5. The van der Waals surface area contributed by atoms with Crippen molar-refractivity contribution in [1.29, 1.82) is 0 Å². The molecule has 2 aromatic carbocycles. The van der Waals surface area contributed by atoms with Gasteiger partial charge in [0.2, 0.25) is 0 Å². The molecule has 2 unspecified atom stereocenters. The number of benzene rings is 2. The van der Waals surface area contributed by atoms with E-state index >= 15 is 0 Å². The first-order chi connectivity index (χ1) is 11.1. The Hall–Kier alpha value is -2.79. The van der Waals surface area contributed by atoms with Crippen molar-refractivity contribution in [1.82, 2.24) is 4.98 Å². The summed E-state index contributed by atoms with van der Waals surface area (Å²) in [7, 11) is 0. The number of H-pyrrole nitrogens is 1. The minimum Gasteiger partial charge on any atom is -0.424 e. The average molecular weight is 308 g/mol. The van der Waals surface area contributed by atoms with Crippen LogP contribution in [0.3, 0.4) is 0 Å². The van der Waals surface area contributed by atoms with Crippen LogP contribution in [0.4, 0.5) is 5.69 Å². The van der Waals surface area contributed by atoms with Gasteiger partial charge in [0.1, 0.15) is 12.1 Å². The molecular weight excluding hydrogens is 292 g/mol. The highest BCUT2D eigenvalue weighted by Gasteiger charge is 2.35. The number of esters is 1. The van der Waals surface area contributed by atoms with Gasteiger partial charge in [0.15, 0.2) is 5.75 Å². The largest absolute Gasteiger partial charge is 0.424 e. The van der Waals surface area contributed by atoms with Gasteiger partial charge in [0.25, 0.3) is 0 Å². The Morgan fingerprint density at radius 3 is 2.65 bits per heavy atom. The smallest absolute Gasteiger partial charge is 0.308 e. The topological polar surface area (TPSA) is 74.3 Å². The van der Waals surface area contributed by atoms with Crippen LogP contribution in [0.1, 0.15) is 30.3 Å². The number of aromatic nitrogens is 1. The molecule has 0 bridgehead atoms. The Morgan fingerprint density at radius 1 is 1.13 bits per heavy atom. The molecular formula is C18H16N2O3. The standard InChI is InChI=1S/C18H16N2O3/c1-10(21)23-18-12-7-3-5-9-14(12)20-16(18)15-17(22)11-6-2-4-8-13(11)19-15/h2-9,15,17,19-20,22H,1H3. The van der Waals surface area contributed by atoms with E-state index in [0.29, 0.717) is 11.4 Å². The average Bonchev–Trinajstić information content (AvgIpc) is 3.06. The molecule has 1 aliphatic rings. The first-order valence-electron chi connectivity index (χ1n) is 7.47. The van der Waals surface area contributed by atoms with E-state index in [0.717, 1.165) is 22.2 Å². The minimum atomic E-state index is -0.714. The number of nitrogens with one attached hydrogen (secondary N) is 2. The fourth-order valence-electron chi connectivity index (χ4n) is 3.15. The van der Waals surface area contributed by atoms with Crippen LogP contribution in [0, 0.1) is 0 Å². The van der Waals surface area contributed by atoms with Crippen LogP contribution in [0.15, 0.2) is 48.5 Å². The van der Waals surface area contributed by atoms with Crippen molar-refractivity contribution >= 4 is 22.6 Å². The lowest BCUT2D eigenvalue weighted by atomic mass is 10.0. The molecule has 0 amide bonds. The van der Waals surface area contributed by atoms with Crippen LogP contribution in [-0.2, 0) is 4.79 Å². The van der Waals surface area contributed by atoms with E-state index in [2.05, 4.69) is 10.3 Å². The molecule has 5 heteroatoms. The second-order valence-corrected chi connectivity index (χ2v) is 5.66. The summed E-state index contributed by atoms with van der Waals surface area (Å²) in [6.45, 7) is 1.37. The zero-order valence-corrected chi connectivity index (χ0v) is 12.5. The summed E-state index contributed by atoms with van der Waals surface area (Å²) in [5.41, 5.74) is 3.26. The second-order valence-electron chi connectivity index (χ2n) is 5.66. The zero-order chi connectivity index (χ0) is 16.0. The number of rotatable bonds is 2. The van der Waals surface area contributed by atoms with Gasteiger partial charge >= 0.3 is 5.97 Å². The van der Waals surface area contributed by atoms with E-state index in [1.54, 1.807) is 0 Å². The highest BCUT2D eigenvalue weighted by molar-refractivity contribution is 5.90. The molecule has 0 saturated heterocycles. The Labute approximate surface area is 132 Å². The van der Waals surface area contributed by atoms with Crippen LogP contribution in [0.25, 0.3) is 10.9 Å². The third-order valence-electron chi connectivity index (χ3n) is 4.15. The number of hydrogen-bond acceptors (Lipinski definition) is 4. The Balaban J connectivity index is 1.85. The van der Waals surface area contributed by atoms with Gasteiger partial charge in [-0.3, -0.25) is 4.79 Å². The third kappa shape index (κ3) is 2.17. The van der Waals surface area contributed by atoms with E-state index in [-0.39, 0.29) is 5.97 Å². The molecule has 2 heterocycles. The van der Waals surface area contributed by atoms with Crippen LogP contribution in [0.5, 0.6) is 5.75 Å². The fourth-order valence-corrected chi connectivity index (χ4v) is 3.15. The normalized spacial score (nSPS) is 19.4. The predicted molar refractivity (Wildman–Crippen MR) is 87.4 cm³/mol. The maximum atomic E-state index is 11.5. The summed E-state index contributed by atoms with van der Waals surface area (Å²) < 4.78 is 5.44. The maximum absolute atomic E-state index is 11.5. The van der Waals surface area contributed by atoms with Crippen LogP contribution in [0.2, 0.25) is 0 Å².